The summed E-state index contributed by atoms with van der Waals surface area (Å²) in [6, 6.07) is 0. The molecule has 17 heavy (non-hydrogen) atoms. The first kappa shape index (κ1) is 16.6. The second kappa shape index (κ2) is 4.71. The Morgan fingerprint density at radius 3 is 1.88 bits per heavy atom. The minimum Gasteiger partial charge on any atom is -0.766 e. The van der Waals surface area contributed by atoms with Crippen LogP contribution < -0.4 is 9.98 Å². The van der Waals surface area contributed by atoms with Crippen LogP contribution in [0.25, 0.3) is 0 Å². The van der Waals surface area contributed by atoms with Crippen molar-refractivity contribution < 1.29 is 44.7 Å². The van der Waals surface area contributed by atoms with Gasteiger partial charge < -0.3 is 9.42 Å². The minimum atomic E-state index is -6.52. The van der Waals surface area contributed by atoms with Gasteiger partial charge in [0.2, 0.25) is 7.75 Å². The highest BCUT2D eigenvalue weighted by atomic mass is 31.2. The third-order valence-electron chi connectivity index (χ3n) is 1.51. The molecule has 0 aromatic heterocycles. The molecule has 0 saturated carbocycles. The maximum atomic E-state index is 12.5. The van der Waals surface area contributed by atoms with Gasteiger partial charge in [0.05, 0.1) is 0 Å². The fourth-order valence-electron chi connectivity index (χ4n) is 0.529. The van der Waals surface area contributed by atoms with Crippen molar-refractivity contribution >= 4 is 7.75 Å². The van der Waals surface area contributed by atoms with E-state index in [0.29, 0.717) is 7.05 Å². The normalized spacial score (nSPS) is 17.9. The molecule has 0 aliphatic rings. The third-order valence-corrected chi connectivity index (χ3v) is 2.52. The van der Waals surface area contributed by atoms with Crippen molar-refractivity contribution in [3.8, 4) is 0 Å². The van der Waals surface area contributed by atoms with Crippen LogP contribution in [0, 0.1) is 0 Å². The molecular weight excluding hydrogens is 286 g/mol. The summed E-state index contributed by atoms with van der Waals surface area (Å²) in [5, 5.41) is 1.32. The summed E-state index contributed by atoms with van der Waals surface area (Å²) in [7, 11) is -4.37. The predicted octanol–water partition coefficient (Wildman–Crippen LogP) is 1.52. The zero-order chi connectivity index (χ0) is 14.1. The lowest BCUT2D eigenvalue weighted by Gasteiger charge is -2.30. The summed E-state index contributed by atoms with van der Waals surface area (Å²) in [6.45, 7) is -2.62. The lowest BCUT2D eigenvalue weighted by atomic mass is 10.2. The first-order valence-corrected chi connectivity index (χ1v) is 5.28. The maximum absolute atomic E-state index is 12.5. The summed E-state index contributed by atoms with van der Waals surface area (Å²) >= 11 is 0. The highest BCUT2D eigenvalue weighted by Gasteiger charge is 2.73. The number of nitrogens with one attached hydrogen (secondary N) is 1. The first-order valence-electron chi connectivity index (χ1n) is 3.74. The zero-order valence-electron chi connectivity index (χ0n) is 8.02. The van der Waals surface area contributed by atoms with Crippen LogP contribution in [0.2, 0.25) is 0 Å². The van der Waals surface area contributed by atoms with Crippen molar-refractivity contribution in [1.29, 1.82) is 0 Å². The molecule has 0 fully saturated rings. The highest BCUT2D eigenvalue weighted by Crippen LogP contribution is 2.48. The van der Waals surface area contributed by atoms with Gasteiger partial charge in [-0.3, -0.25) is 9.65 Å². The molecule has 12 heteroatoms. The van der Waals surface area contributed by atoms with E-state index in [4.69, 9.17) is 0 Å². The van der Waals surface area contributed by atoms with Crippen molar-refractivity contribution in [2.24, 2.45) is 0 Å². The van der Waals surface area contributed by atoms with E-state index >= 15 is 0 Å². The van der Waals surface area contributed by atoms with Crippen molar-refractivity contribution in [3.63, 3.8) is 0 Å². The molecule has 104 valence electrons. The fraction of sp³-hybridized carbons (Fsp3) is 1.00. The molecule has 0 bridgehead atoms. The molecule has 0 rings (SSSR count). The molecule has 4 nitrogen and oxygen atoms in total. The van der Waals surface area contributed by atoms with Gasteiger partial charge in [0, 0.05) is 0 Å². The van der Waals surface area contributed by atoms with Crippen LogP contribution in [0.15, 0.2) is 0 Å². The standard InChI is InChI=1S/C5H7F7NO3P/c1-13-17(14,15)16-2-3(6,7)4(8,9)5(10,11)12/h2H2,1H3,(H2,13,14,15)/p-1. The van der Waals surface area contributed by atoms with E-state index in [0.717, 1.165) is 0 Å². The molecule has 1 N–H and O–H groups in total. The van der Waals surface area contributed by atoms with E-state index in [9.17, 15) is 40.2 Å². The Balaban J connectivity index is 4.87. The molecule has 0 aliphatic heterocycles. The first-order chi connectivity index (χ1) is 7.27. The van der Waals surface area contributed by atoms with Crippen LogP contribution in [0.5, 0.6) is 0 Å². The lowest BCUT2D eigenvalue weighted by molar-refractivity contribution is -0.359. The van der Waals surface area contributed by atoms with E-state index in [1.165, 1.54) is 5.09 Å². The predicted molar refractivity (Wildman–Crippen MR) is 38.6 cm³/mol. The van der Waals surface area contributed by atoms with Crippen molar-refractivity contribution in [2.75, 3.05) is 13.7 Å². The van der Waals surface area contributed by atoms with Gasteiger partial charge in [-0.15, -0.1) is 0 Å². The monoisotopic (exact) mass is 292 g/mol. The smallest absolute Gasteiger partial charge is 0.459 e. The Morgan fingerprint density at radius 2 is 1.59 bits per heavy atom. The van der Waals surface area contributed by atoms with Crippen molar-refractivity contribution in [2.45, 2.75) is 18.0 Å². The summed E-state index contributed by atoms with van der Waals surface area (Å²) in [5.74, 6) is -12.1. The van der Waals surface area contributed by atoms with E-state index in [1.807, 2.05) is 0 Å². The second-order valence-electron chi connectivity index (χ2n) is 2.77. The quantitative estimate of drug-likeness (QED) is 0.616. The van der Waals surface area contributed by atoms with Gasteiger partial charge in [0.1, 0.15) is 6.61 Å². The van der Waals surface area contributed by atoms with Crippen LogP contribution in [0.1, 0.15) is 0 Å². The lowest BCUT2D eigenvalue weighted by Crippen LogP contribution is -2.54. The second-order valence-corrected chi connectivity index (χ2v) is 4.47. The molecule has 0 amide bonds. The molecule has 0 aliphatic carbocycles. The number of hydrogen-bond acceptors (Lipinski definition) is 3. The van der Waals surface area contributed by atoms with Gasteiger partial charge >= 0.3 is 18.0 Å². The van der Waals surface area contributed by atoms with Crippen LogP contribution in [-0.2, 0) is 9.09 Å². The van der Waals surface area contributed by atoms with Crippen LogP contribution in [0.3, 0.4) is 0 Å². The fourth-order valence-corrected chi connectivity index (χ4v) is 0.990. The molecule has 0 heterocycles. The zero-order valence-corrected chi connectivity index (χ0v) is 8.92. The van der Waals surface area contributed by atoms with Gasteiger partial charge in [-0.05, 0) is 7.05 Å². The van der Waals surface area contributed by atoms with Gasteiger partial charge in [-0.25, -0.2) is 0 Å². The maximum Gasteiger partial charge on any atom is 0.459 e. The molecule has 1 atom stereocenters. The molecule has 0 aromatic carbocycles. The molecule has 1 unspecified atom stereocenters. The molecular formula is C5H6F7NO3P-. The molecule has 0 aromatic rings. The average molecular weight is 292 g/mol. The van der Waals surface area contributed by atoms with Crippen LogP contribution in [0.4, 0.5) is 30.7 Å². The number of hydrogen-bond donors (Lipinski definition) is 1. The highest BCUT2D eigenvalue weighted by molar-refractivity contribution is 7.49. The SMILES string of the molecule is CNP(=O)([O-])OCC(F)(F)C(F)(F)C(F)(F)F. The topological polar surface area (TPSA) is 61.4 Å². The van der Waals surface area contributed by atoms with Gasteiger partial charge in [-0.2, -0.15) is 30.7 Å². The third kappa shape index (κ3) is 3.80. The number of rotatable bonds is 5. The average Bonchev–Trinajstić information content (AvgIpc) is 2.13. The van der Waals surface area contributed by atoms with E-state index < -0.39 is 32.4 Å². The molecule has 0 spiro atoms. The van der Waals surface area contributed by atoms with E-state index in [2.05, 4.69) is 4.52 Å². The Kier molecular flexibility index (Phi) is 4.61. The summed E-state index contributed by atoms with van der Waals surface area (Å²) in [6.07, 6.45) is -6.52. The number of halogens is 7. The largest absolute Gasteiger partial charge is 0.766 e. The Bertz CT molecular complexity index is 317. The Morgan fingerprint density at radius 1 is 1.18 bits per heavy atom. The Labute approximate surface area is 90.3 Å². The number of alkyl halides is 7. The summed E-state index contributed by atoms with van der Waals surface area (Å²) in [5.41, 5.74) is 0. The van der Waals surface area contributed by atoms with Crippen molar-refractivity contribution in [3.05, 3.63) is 0 Å². The molecule has 0 saturated heterocycles. The van der Waals surface area contributed by atoms with Crippen LogP contribution in [-0.4, -0.2) is 31.7 Å². The molecule has 0 radical (unpaired) electrons. The van der Waals surface area contributed by atoms with E-state index in [1.54, 1.807) is 0 Å². The summed E-state index contributed by atoms with van der Waals surface area (Å²) < 4.78 is 97.9. The van der Waals surface area contributed by atoms with Crippen LogP contribution >= 0.6 is 7.75 Å². The van der Waals surface area contributed by atoms with Crippen molar-refractivity contribution in [1.82, 2.24) is 5.09 Å². The van der Waals surface area contributed by atoms with E-state index in [-0.39, 0.29) is 0 Å². The summed E-state index contributed by atoms with van der Waals surface area (Å²) in [4.78, 5) is 10.5. The van der Waals surface area contributed by atoms with Gasteiger partial charge in [0.15, 0.2) is 0 Å². The van der Waals surface area contributed by atoms with Gasteiger partial charge in [-0.1, -0.05) is 0 Å². The van der Waals surface area contributed by atoms with Gasteiger partial charge in [0.25, 0.3) is 0 Å². The Hall–Kier alpha value is -0.380. The minimum absolute atomic E-state index is 0.702.